The van der Waals surface area contributed by atoms with Crippen molar-refractivity contribution in [1.82, 2.24) is 14.3 Å². The van der Waals surface area contributed by atoms with E-state index >= 15 is 0 Å². The smallest absolute Gasteiger partial charge is 0.321 e. The minimum absolute atomic E-state index is 0.00306. The van der Waals surface area contributed by atoms with Crippen molar-refractivity contribution >= 4 is 16.0 Å². The van der Waals surface area contributed by atoms with Gasteiger partial charge < -0.3 is 9.72 Å². The highest BCUT2D eigenvalue weighted by atomic mass is 32.2. The van der Waals surface area contributed by atoms with Gasteiger partial charge in [0, 0.05) is 6.04 Å². The third-order valence-electron chi connectivity index (χ3n) is 3.30. The first-order valence-electron chi connectivity index (χ1n) is 6.12. The lowest BCUT2D eigenvalue weighted by Gasteiger charge is -2.26. The van der Waals surface area contributed by atoms with Crippen molar-refractivity contribution in [2.24, 2.45) is 0 Å². The number of nitrogens with zero attached hydrogens (tertiary/aromatic N) is 2. The van der Waals surface area contributed by atoms with Crippen molar-refractivity contribution in [1.29, 1.82) is 0 Å². The second-order valence-electron chi connectivity index (χ2n) is 4.48. The van der Waals surface area contributed by atoms with Crippen molar-refractivity contribution in [3.05, 3.63) is 12.5 Å². The van der Waals surface area contributed by atoms with Gasteiger partial charge >= 0.3 is 5.97 Å². The van der Waals surface area contributed by atoms with E-state index in [0.717, 1.165) is 25.7 Å². The lowest BCUT2D eigenvalue weighted by molar-refractivity contribution is -0.141. The second-order valence-corrected chi connectivity index (χ2v) is 6.34. The number of aromatic nitrogens is 2. The van der Waals surface area contributed by atoms with Crippen molar-refractivity contribution in [3.63, 3.8) is 0 Å². The second kappa shape index (κ2) is 5.70. The van der Waals surface area contributed by atoms with Crippen molar-refractivity contribution in [2.45, 2.75) is 36.8 Å². The lowest BCUT2D eigenvalue weighted by Crippen LogP contribution is -2.42. The van der Waals surface area contributed by atoms with Gasteiger partial charge in [-0.05, 0) is 12.8 Å². The zero-order chi connectivity index (χ0) is 13.9. The normalized spacial score (nSPS) is 16.9. The highest BCUT2D eigenvalue weighted by Gasteiger charge is 2.35. The maximum absolute atomic E-state index is 12.5. The first-order chi connectivity index (χ1) is 9.05. The van der Waals surface area contributed by atoms with E-state index in [2.05, 4.69) is 14.7 Å². The third kappa shape index (κ3) is 2.95. The van der Waals surface area contributed by atoms with Gasteiger partial charge in [-0.3, -0.25) is 4.79 Å². The molecule has 2 rings (SSSR count). The average Bonchev–Trinajstić information content (AvgIpc) is 3.07. The minimum atomic E-state index is -3.73. The molecule has 1 aliphatic rings. The molecule has 0 saturated heterocycles. The van der Waals surface area contributed by atoms with E-state index in [4.69, 9.17) is 0 Å². The Morgan fingerprint density at radius 3 is 2.74 bits per heavy atom. The van der Waals surface area contributed by atoms with Crippen molar-refractivity contribution < 1.29 is 17.9 Å². The number of hydrogen-bond acceptors (Lipinski definition) is 5. The Bertz CT molecular complexity index is 520. The number of carbonyl (C=O) groups excluding carboxylic acids is 1. The molecule has 1 aromatic heterocycles. The summed E-state index contributed by atoms with van der Waals surface area (Å²) in [4.78, 5) is 17.7. The number of sulfonamides is 1. The van der Waals surface area contributed by atoms with E-state index in [1.807, 2.05) is 0 Å². The Hall–Kier alpha value is -1.41. The summed E-state index contributed by atoms with van der Waals surface area (Å²) in [6.45, 7) is -0.261. The van der Waals surface area contributed by atoms with Crippen LogP contribution in [0, 0.1) is 0 Å². The summed E-state index contributed by atoms with van der Waals surface area (Å²) >= 11 is 0. The van der Waals surface area contributed by atoms with E-state index in [-0.39, 0.29) is 17.6 Å². The Kier molecular flexibility index (Phi) is 4.20. The molecule has 1 aromatic rings. The summed E-state index contributed by atoms with van der Waals surface area (Å²) in [5.41, 5.74) is 0. The summed E-state index contributed by atoms with van der Waals surface area (Å²) in [7, 11) is -2.48. The van der Waals surface area contributed by atoms with Gasteiger partial charge in [0.2, 0.25) is 0 Å². The largest absolute Gasteiger partial charge is 0.468 e. The van der Waals surface area contributed by atoms with E-state index in [1.165, 1.54) is 23.9 Å². The SMILES string of the molecule is COC(=O)CN(C1CCCC1)S(=O)(=O)c1cnc[nH]1. The van der Waals surface area contributed by atoms with Crippen molar-refractivity contribution in [3.8, 4) is 0 Å². The zero-order valence-corrected chi connectivity index (χ0v) is 11.5. The number of esters is 1. The number of ether oxygens (including phenoxy) is 1. The molecule has 0 aliphatic heterocycles. The predicted molar refractivity (Wildman–Crippen MR) is 66.8 cm³/mol. The molecule has 106 valence electrons. The number of imidazole rings is 1. The summed E-state index contributed by atoms with van der Waals surface area (Å²) in [6, 6.07) is -0.146. The number of nitrogens with one attached hydrogen (secondary N) is 1. The molecule has 0 aromatic carbocycles. The Morgan fingerprint density at radius 1 is 1.53 bits per heavy atom. The highest BCUT2D eigenvalue weighted by molar-refractivity contribution is 7.89. The number of H-pyrrole nitrogens is 1. The standard InChI is InChI=1S/C11H17N3O4S/c1-18-11(15)7-14(9-4-2-3-5-9)19(16,17)10-6-12-8-13-10/h6,8-9H,2-5,7H2,1H3,(H,12,13). The van der Waals surface area contributed by atoms with Gasteiger partial charge in [-0.15, -0.1) is 0 Å². The summed E-state index contributed by atoms with van der Waals surface area (Å²) in [5.74, 6) is -0.560. The highest BCUT2D eigenvalue weighted by Crippen LogP contribution is 2.27. The van der Waals surface area contributed by atoms with Gasteiger partial charge in [0.15, 0.2) is 5.03 Å². The first-order valence-corrected chi connectivity index (χ1v) is 7.56. The Morgan fingerprint density at radius 2 is 2.21 bits per heavy atom. The molecule has 8 heteroatoms. The number of methoxy groups -OCH3 is 1. The molecular formula is C11H17N3O4S. The Balaban J connectivity index is 2.28. The van der Waals surface area contributed by atoms with E-state index < -0.39 is 16.0 Å². The fourth-order valence-electron chi connectivity index (χ4n) is 2.30. The maximum atomic E-state index is 12.5. The van der Waals surface area contributed by atoms with Gasteiger partial charge in [0.25, 0.3) is 10.0 Å². The molecule has 1 aliphatic carbocycles. The van der Waals surface area contributed by atoms with Gasteiger partial charge in [0.05, 0.1) is 19.6 Å². The molecule has 1 fully saturated rings. The van der Waals surface area contributed by atoms with Gasteiger partial charge in [-0.2, -0.15) is 4.31 Å². The van der Waals surface area contributed by atoms with Crippen molar-refractivity contribution in [2.75, 3.05) is 13.7 Å². The molecule has 0 radical (unpaired) electrons. The molecule has 1 N–H and O–H groups in total. The van der Waals surface area contributed by atoms with Crippen LogP contribution in [-0.4, -0.2) is 48.4 Å². The van der Waals surface area contributed by atoms with E-state index in [0.29, 0.717) is 0 Å². The zero-order valence-electron chi connectivity index (χ0n) is 10.7. The first kappa shape index (κ1) is 14.0. The molecule has 0 atom stereocenters. The quantitative estimate of drug-likeness (QED) is 0.797. The summed E-state index contributed by atoms with van der Waals surface area (Å²) in [6.07, 6.45) is 6.03. The van der Waals surface area contributed by atoms with Crippen LogP contribution in [0.5, 0.6) is 0 Å². The topological polar surface area (TPSA) is 92.4 Å². The molecule has 0 unspecified atom stereocenters. The third-order valence-corrected chi connectivity index (χ3v) is 5.13. The minimum Gasteiger partial charge on any atom is -0.468 e. The maximum Gasteiger partial charge on any atom is 0.321 e. The van der Waals surface area contributed by atoms with Crippen LogP contribution in [0.15, 0.2) is 17.6 Å². The van der Waals surface area contributed by atoms with Crippen LogP contribution in [0.4, 0.5) is 0 Å². The summed E-state index contributed by atoms with van der Waals surface area (Å²) < 4.78 is 30.8. The van der Waals surface area contributed by atoms with Crippen LogP contribution in [0.2, 0.25) is 0 Å². The monoisotopic (exact) mass is 287 g/mol. The van der Waals surface area contributed by atoms with Crippen LogP contribution in [0.25, 0.3) is 0 Å². The van der Waals surface area contributed by atoms with Crippen LogP contribution in [-0.2, 0) is 19.6 Å². The molecule has 1 saturated carbocycles. The Labute approximate surface area is 112 Å². The fourth-order valence-corrected chi connectivity index (χ4v) is 3.83. The fraction of sp³-hybridized carbons (Fsp3) is 0.636. The van der Waals surface area contributed by atoms with Gasteiger partial charge in [-0.25, -0.2) is 13.4 Å². The predicted octanol–water partition coefficient (Wildman–Crippen LogP) is 0.516. The molecule has 1 heterocycles. The molecule has 7 nitrogen and oxygen atoms in total. The molecule has 0 bridgehead atoms. The number of rotatable bonds is 5. The van der Waals surface area contributed by atoms with Gasteiger partial charge in [-0.1, -0.05) is 12.8 Å². The van der Waals surface area contributed by atoms with E-state index in [1.54, 1.807) is 0 Å². The number of hydrogen-bond donors (Lipinski definition) is 1. The number of aromatic amines is 1. The van der Waals surface area contributed by atoms with Crippen LogP contribution >= 0.6 is 0 Å². The van der Waals surface area contributed by atoms with Gasteiger partial charge in [0.1, 0.15) is 6.54 Å². The van der Waals surface area contributed by atoms with Crippen LogP contribution in [0.1, 0.15) is 25.7 Å². The van der Waals surface area contributed by atoms with Crippen LogP contribution < -0.4 is 0 Å². The molecular weight excluding hydrogens is 270 g/mol. The van der Waals surface area contributed by atoms with Crippen LogP contribution in [0.3, 0.4) is 0 Å². The average molecular weight is 287 g/mol. The summed E-state index contributed by atoms with van der Waals surface area (Å²) in [5, 5.41) is 0.00306. The number of carbonyl (C=O) groups is 1. The van der Waals surface area contributed by atoms with E-state index in [9.17, 15) is 13.2 Å². The molecule has 19 heavy (non-hydrogen) atoms. The molecule has 0 spiro atoms. The lowest BCUT2D eigenvalue weighted by atomic mass is 10.2. The molecule has 0 amide bonds.